The number of nitrogens with zero attached hydrogens (tertiary/aromatic N) is 4. The molecule has 0 amide bonds. The molecule has 1 aliphatic heterocycles. The van der Waals surface area contributed by atoms with Crippen LogP contribution in [-0.4, -0.2) is 56.2 Å². The van der Waals surface area contributed by atoms with Crippen LogP contribution in [-0.2, 0) is 10.0 Å². The van der Waals surface area contributed by atoms with E-state index in [1.54, 1.807) is 12.1 Å². The van der Waals surface area contributed by atoms with Gasteiger partial charge in [-0.3, -0.25) is 0 Å². The molecule has 7 nitrogen and oxygen atoms in total. The lowest BCUT2D eigenvalue weighted by atomic mass is 10.3. The summed E-state index contributed by atoms with van der Waals surface area (Å²) in [6.07, 6.45) is 0.432. The van der Waals surface area contributed by atoms with Gasteiger partial charge in [0.1, 0.15) is 10.3 Å². The van der Waals surface area contributed by atoms with E-state index in [0.717, 1.165) is 10.7 Å². The summed E-state index contributed by atoms with van der Waals surface area (Å²) in [5.74, 6) is 1.16. The molecular weight excluding hydrogens is 348 g/mol. The summed E-state index contributed by atoms with van der Waals surface area (Å²) >= 11 is 1.29. The predicted molar refractivity (Wildman–Crippen MR) is 93.2 cm³/mol. The third kappa shape index (κ3) is 3.52. The lowest BCUT2D eigenvalue weighted by Gasteiger charge is -2.16. The summed E-state index contributed by atoms with van der Waals surface area (Å²) in [6, 6.07) is 7.06. The summed E-state index contributed by atoms with van der Waals surface area (Å²) in [7, 11) is 0.339. The Morgan fingerprint density at radius 3 is 2.62 bits per heavy atom. The van der Waals surface area contributed by atoms with Crippen molar-refractivity contribution in [3.63, 3.8) is 0 Å². The van der Waals surface area contributed by atoms with E-state index in [1.807, 2.05) is 38.1 Å². The molecule has 1 unspecified atom stereocenters. The van der Waals surface area contributed by atoms with Gasteiger partial charge in [0.25, 0.3) is 10.0 Å². The van der Waals surface area contributed by atoms with E-state index in [2.05, 4.69) is 10.2 Å². The quantitative estimate of drug-likeness (QED) is 0.800. The van der Waals surface area contributed by atoms with Crippen LogP contribution in [0.5, 0.6) is 5.88 Å². The molecule has 0 N–H and O–H groups in total. The summed E-state index contributed by atoms with van der Waals surface area (Å²) in [6.45, 7) is 2.68. The number of anilines is 1. The molecule has 0 aromatic carbocycles. The molecular formula is C15H20N4O3S2. The maximum atomic E-state index is 12.6. The Balaban J connectivity index is 1.65. The summed E-state index contributed by atoms with van der Waals surface area (Å²) in [5, 5.41) is 8.09. The van der Waals surface area contributed by atoms with Crippen LogP contribution in [0.15, 0.2) is 28.5 Å². The highest BCUT2D eigenvalue weighted by molar-refractivity contribution is 7.91. The standard InChI is InChI=1S/C15H20N4O3S2/c1-11-4-7-15(23-11)24(20,21)19-9-8-12(10-19)22-14-6-5-13(16-17-14)18(2)3/h4-7,12H,8-10H2,1-3H3. The summed E-state index contributed by atoms with van der Waals surface area (Å²) < 4.78 is 32.9. The molecule has 0 radical (unpaired) electrons. The van der Waals surface area contributed by atoms with Crippen LogP contribution in [0.4, 0.5) is 5.82 Å². The van der Waals surface area contributed by atoms with E-state index in [-0.39, 0.29) is 6.10 Å². The largest absolute Gasteiger partial charge is 0.472 e. The molecule has 1 saturated heterocycles. The van der Waals surface area contributed by atoms with Gasteiger partial charge in [-0.2, -0.15) is 4.31 Å². The highest BCUT2D eigenvalue weighted by Gasteiger charge is 2.34. The molecule has 0 saturated carbocycles. The zero-order chi connectivity index (χ0) is 17.3. The van der Waals surface area contributed by atoms with E-state index >= 15 is 0 Å². The van der Waals surface area contributed by atoms with Crippen LogP contribution >= 0.6 is 11.3 Å². The van der Waals surface area contributed by atoms with Crippen molar-refractivity contribution in [3.8, 4) is 5.88 Å². The summed E-state index contributed by atoms with van der Waals surface area (Å²) in [5.41, 5.74) is 0. The van der Waals surface area contributed by atoms with Gasteiger partial charge in [0.15, 0.2) is 5.82 Å². The second-order valence-electron chi connectivity index (χ2n) is 5.88. The molecule has 1 aliphatic rings. The van der Waals surface area contributed by atoms with Gasteiger partial charge in [-0.15, -0.1) is 21.5 Å². The fourth-order valence-electron chi connectivity index (χ4n) is 2.48. The number of hydrogen-bond donors (Lipinski definition) is 0. The van der Waals surface area contributed by atoms with Crippen LogP contribution in [0.1, 0.15) is 11.3 Å². The van der Waals surface area contributed by atoms with Crippen LogP contribution < -0.4 is 9.64 Å². The van der Waals surface area contributed by atoms with Crippen molar-refractivity contribution in [2.75, 3.05) is 32.1 Å². The van der Waals surface area contributed by atoms with Crippen molar-refractivity contribution in [1.82, 2.24) is 14.5 Å². The van der Waals surface area contributed by atoms with E-state index in [4.69, 9.17) is 4.74 Å². The van der Waals surface area contributed by atoms with Crippen molar-refractivity contribution in [1.29, 1.82) is 0 Å². The second-order valence-corrected chi connectivity index (χ2v) is 9.33. The first-order valence-electron chi connectivity index (χ1n) is 7.60. The van der Waals surface area contributed by atoms with Gasteiger partial charge in [0, 0.05) is 31.6 Å². The molecule has 0 spiro atoms. The topological polar surface area (TPSA) is 75.6 Å². The lowest BCUT2D eigenvalue weighted by Crippen LogP contribution is -2.30. The van der Waals surface area contributed by atoms with Crippen LogP contribution in [0, 0.1) is 6.92 Å². The number of thiophene rings is 1. The Morgan fingerprint density at radius 1 is 1.25 bits per heavy atom. The fourth-order valence-corrected chi connectivity index (χ4v) is 5.40. The van der Waals surface area contributed by atoms with Crippen LogP contribution in [0.25, 0.3) is 0 Å². The molecule has 24 heavy (non-hydrogen) atoms. The normalized spacial score (nSPS) is 18.7. The maximum absolute atomic E-state index is 12.6. The van der Waals surface area contributed by atoms with Crippen molar-refractivity contribution in [3.05, 3.63) is 29.1 Å². The van der Waals surface area contributed by atoms with Gasteiger partial charge >= 0.3 is 0 Å². The molecule has 0 aliphatic carbocycles. The van der Waals surface area contributed by atoms with Gasteiger partial charge in [-0.1, -0.05) is 0 Å². The number of rotatable bonds is 5. The van der Waals surface area contributed by atoms with E-state index in [0.29, 0.717) is 29.6 Å². The average molecular weight is 368 g/mol. The first kappa shape index (κ1) is 17.1. The molecule has 3 heterocycles. The molecule has 9 heteroatoms. The van der Waals surface area contributed by atoms with Gasteiger partial charge in [-0.05, 0) is 31.5 Å². The minimum absolute atomic E-state index is 0.208. The van der Waals surface area contributed by atoms with Gasteiger partial charge in [-0.25, -0.2) is 8.42 Å². The van der Waals surface area contributed by atoms with Crippen molar-refractivity contribution >= 4 is 27.2 Å². The number of hydrogen-bond acceptors (Lipinski definition) is 7. The number of aromatic nitrogens is 2. The van der Waals surface area contributed by atoms with Gasteiger partial charge in [0.2, 0.25) is 5.88 Å². The smallest absolute Gasteiger partial charge is 0.252 e. The van der Waals surface area contributed by atoms with Gasteiger partial charge in [0.05, 0.1) is 6.54 Å². The fraction of sp³-hybridized carbons (Fsp3) is 0.467. The molecule has 1 atom stereocenters. The number of sulfonamides is 1. The molecule has 0 bridgehead atoms. The summed E-state index contributed by atoms with van der Waals surface area (Å²) in [4.78, 5) is 2.83. The zero-order valence-corrected chi connectivity index (χ0v) is 15.5. The minimum atomic E-state index is -3.43. The SMILES string of the molecule is Cc1ccc(S(=O)(=O)N2CCC(Oc3ccc(N(C)C)nn3)C2)s1. The first-order chi connectivity index (χ1) is 11.4. The minimum Gasteiger partial charge on any atom is -0.472 e. The van der Waals surface area contributed by atoms with Crippen molar-refractivity contribution < 1.29 is 13.2 Å². The van der Waals surface area contributed by atoms with Crippen molar-refractivity contribution in [2.45, 2.75) is 23.7 Å². The zero-order valence-electron chi connectivity index (χ0n) is 13.8. The van der Waals surface area contributed by atoms with Crippen LogP contribution in [0.2, 0.25) is 0 Å². The Kier molecular flexibility index (Phi) is 4.75. The highest BCUT2D eigenvalue weighted by Crippen LogP contribution is 2.28. The molecule has 2 aromatic rings. The van der Waals surface area contributed by atoms with E-state index < -0.39 is 10.0 Å². The number of aryl methyl sites for hydroxylation is 1. The highest BCUT2D eigenvalue weighted by atomic mass is 32.2. The molecule has 130 valence electrons. The predicted octanol–water partition coefficient (Wildman–Crippen LogP) is 1.75. The Labute approximate surface area is 145 Å². The monoisotopic (exact) mass is 368 g/mol. The van der Waals surface area contributed by atoms with Crippen LogP contribution in [0.3, 0.4) is 0 Å². The van der Waals surface area contributed by atoms with Gasteiger partial charge < -0.3 is 9.64 Å². The average Bonchev–Trinajstić information content (AvgIpc) is 3.17. The second kappa shape index (κ2) is 6.66. The maximum Gasteiger partial charge on any atom is 0.252 e. The number of ether oxygens (including phenoxy) is 1. The third-order valence-electron chi connectivity index (χ3n) is 3.79. The Bertz CT molecular complexity index is 802. The molecule has 2 aromatic heterocycles. The third-order valence-corrected chi connectivity index (χ3v) is 7.12. The molecule has 3 rings (SSSR count). The lowest BCUT2D eigenvalue weighted by molar-refractivity contribution is 0.205. The molecule has 1 fully saturated rings. The Morgan fingerprint density at radius 2 is 2.04 bits per heavy atom. The first-order valence-corrected chi connectivity index (χ1v) is 9.86. The van der Waals surface area contributed by atoms with E-state index in [1.165, 1.54) is 15.6 Å². The Hall–Kier alpha value is -1.71. The van der Waals surface area contributed by atoms with Crippen molar-refractivity contribution in [2.24, 2.45) is 0 Å². The van der Waals surface area contributed by atoms with E-state index in [9.17, 15) is 8.42 Å².